The molecule has 3 rings (SSSR count). The minimum absolute atomic E-state index is 0.0634. The van der Waals surface area contributed by atoms with Gasteiger partial charge in [0.2, 0.25) is 5.91 Å². The molecule has 1 aromatic heterocycles. The second-order valence-corrected chi connectivity index (χ2v) is 7.57. The molecule has 0 radical (unpaired) electrons. The second kappa shape index (κ2) is 9.02. The SMILES string of the molecule is [2H]C([2H])(C)C(=O)N(Cc1cccc(C(F)(F)F)c1C)c1nc(N2CCOCC2)sc1C#N. The third kappa shape index (κ3) is 4.57. The summed E-state index contributed by atoms with van der Waals surface area (Å²) >= 11 is 1.05. The molecule has 1 fully saturated rings. The number of carbonyl (C=O) groups is 1. The van der Waals surface area contributed by atoms with E-state index in [0.717, 1.165) is 29.2 Å². The zero-order valence-electron chi connectivity index (χ0n) is 18.4. The Hall–Kier alpha value is -2.64. The van der Waals surface area contributed by atoms with Crippen molar-refractivity contribution in [2.24, 2.45) is 0 Å². The Balaban J connectivity index is 2.07. The van der Waals surface area contributed by atoms with Crippen LogP contribution in [0.25, 0.3) is 0 Å². The van der Waals surface area contributed by atoms with E-state index < -0.39 is 24.0 Å². The molecule has 1 aromatic carbocycles. The molecule has 0 atom stereocenters. The van der Waals surface area contributed by atoms with Gasteiger partial charge >= 0.3 is 6.18 Å². The van der Waals surface area contributed by atoms with Crippen LogP contribution in [-0.2, 0) is 22.3 Å². The number of halogens is 3. The highest BCUT2D eigenvalue weighted by Gasteiger charge is 2.33. The molecule has 0 N–H and O–H groups in total. The Bertz CT molecular complexity index is 1040. The van der Waals surface area contributed by atoms with Crippen LogP contribution in [0, 0.1) is 18.3 Å². The summed E-state index contributed by atoms with van der Waals surface area (Å²) < 4.78 is 61.1. The van der Waals surface area contributed by atoms with Crippen LogP contribution in [0.5, 0.6) is 0 Å². The summed E-state index contributed by atoms with van der Waals surface area (Å²) in [7, 11) is 0. The van der Waals surface area contributed by atoms with Gasteiger partial charge in [0.25, 0.3) is 0 Å². The number of rotatable bonds is 5. The van der Waals surface area contributed by atoms with Crippen molar-refractivity contribution in [2.45, 2.75) is 32.9 Å². The summed E-state index contributed by atoms with van der Waals surface area (Å²) in [6.45, 7) is 4.01. The lowest BCUT2D eigenvalue weighted by atomic mass is 10.0. The molecule has 1 aliphatic rings. The van der Waals surface area contributed by atoms with E-state index in [1.54, 1.807) is 0 Å². The lowest BCUT2D eigenvalue weighted by Crippen LogP contribution is -2.36. The van der Waals surface area contributed by atoms with Crippen molar-refractivity contribution in [2.75, 3.05) is 36.1 Å². The number of alkyl halides is 3. The predicted molar refractivity (Wildman–Crippen MR) is 108 cm³/mol. The van der Waals surface area contributed by atoms with Crippen molar-refractivity contribution in [3.05, 3.63) is 39.8 Å². The third-order valence-corrected chi connectivity index (χ3v) is 5.79. The van der Waals surface area contributed by atoms with E-state index in [1.807, 2.05) is 11.0 Å². The molecular formula is C20H21F3N4O2S. The van der Waals surface area contributed by atoms with Gasteiger partial charge in [-0.15, -0.1) is 0 Å². The van der Waals surface area contributed by atoms with Crippen LogP contribution in [0.15, 0.2) is 18.2 Å². The van der Waals surface area contributed by atoms with E-state index >= 15 is 0 Å². The topological polar surface area (TPSA) is 69.5 Å². The Labute approximate surface area is 179 Å². The molecule has 1 saturated heterocycles. The van der Waals surface area contributed by atoms with Crippen molar-refractivity contribution in [3.63, 3.8) is 0 Å². The third-order valence-electron chi connectivity index (χ3n) is 4.78. The number of nitriles is 1. The van der Waals surface area contributed by atoms with E-state index in [0.29, 0.717) is 31.4 Å². The maximum Gasteiger partial charge on any atom is 0.416 e. The van der Waals surface area contributed by atoms with E-state index in [2.05, 4.69) is 4.98 Å². The molecule has 30 heavy (non-hydrogen) atoms. The first-order valence-electron chi connectivity index (χ1n) is 10.1. The minimum atomic E-state index is -4.57. The standard InChI is InChI=1S/C20H21F3N4O2S/c1-3-17(28)27(12-14-5-4-6-15(13(14)2)20(21,22)23)18-16(11-24)30-19(25-18)26-7-9-29-10-8-26/h4-6H,3,7-10,12H2,1-2H3/i3D2. The molecular weight excluding hydrogens is 417 g/mol. The summed E-state index contributed by atoms with van der Waals surface area (Å²) in [6, 6.07) is 5.61. The fourth-order valence-corrected chi connectivity index (χ4v) is 4.08. The highest BCUT2D eigenvalue weighted by molar-refractivity contribution is 7.16. The molecule has 2 heterocycles. The number of carbonyl (C=O) groups excluding carboxylic acids is 1. The predicted octanol–water partition coefficient (Wildman–Crippen LogP) is 4.12. The lowest BCUT2D eigenvalue weighted by Gasteiger charge is -2.26. The van der Waals surface area contributed by atoms with Gasteiger partial charge in [-0.05, 0) is 24.1 Å². The number of benzene rings is 1. The zero-order valence-corrected chi connectivity index (χ0v) is 17.2. The van der Waals surface area contributed by atoms with Gasteiger partial charge in [0.15, 0.2) is 15.8 Å². The largest absolute Gasteiger partial charge is 0.416 e. The number of morpholine rings is 1. The maximum absolute atomic E-state index is 13.4. The Morgan fingerprint density at radius 1 is 1.43 bits per heavy atom. The first kappa shape index (κ1) is 19.3. The first-order valence-corrected chi connectivity index (χ1v) is 9.96. The van der Waals surface area contributed by atoms with E-state index in [9.17, 15) is 23.2 Å². The number of anilines is 2. The Morgan fingerprint density at radius 2 is 2.13 bits per heavy atom. The van der Waals surface area contributed by atoms with Gasteiger partial charge in [-0.2, -0.15) is 18.4 Å². The molecule has 6 nitrogen and oxygen atoms in total. The van der Waals surface area contributed by atoms with Gasteiger partial charge < -0.3 is 9.64 Å². The van der Waals surface area contributed by atoms with Crippen LogP contribution in [0.2, 0.25) is 0 Å². The monoisotopic (exact) mass is 440 g/mol. The highest BCUT2D eigenvalue weighted by Crippen LogP contribution is 2.36. The quantitative estimate of drug-likeness (QED) is 0.700. The molecule has 0 unspecified atom stereocenters. The number of aromatic nitrogens is 1. The first-order chi connectivity index (χ1) is 14.9. The van der Waals surface area contributed by atoms with Gasteiger partial charge in [0.05, 0.1) is 25.3 Å². The van der Waals surface area contributed by atoms with Crippen molar-refractivity contribution < 1.29 is 25.4 Å². The summed E-state index contributed by atoms with van der Waals surface area (Å²) in [4.78, 5) is 20.3. The van der Waals surface area contributed by atoms with E-state index in [-0.39, 0.29) is 28.4 Å². The van der Waals surface area contributed by atoms with Crippen molar-refractivity contribution in [1.82, 2.24) is 4.98 Å². The van der Waals surface area contributed by atoms with Crippen LogP contribution in [0.3, 0.4) is 0 Å². The molecule has 0 saturated carbocycles. The van der Waals surface area contributed by atoms with Crippen LogP contribution in [0.4, 0.5) is 24.1 Å². The van der Waals surface area contributed by atoms with E-state index in [1.165, 1.54) is 19.1 Å². The second-order valence-electron chi connectivity index (χ2n) is 6.59. The molecule has 0 spiro atoms. The molecule has 10 heteroatoms. The fraction of sp³-hybridized carbons (Fsp3) is 0.450. The summed E-state index contributed by atoms with van der Waals surface area (Å²) in [5, 5.41) is 10.1. The number of ether oxygens (including phenoxy) is 1. The minimum Gasteiger partial charge on any atom is -0.378 e. The van der Waals surface area contributed by atoms with Crippen LogP contribution in [-0.4, -0.2) is 37.2 Å². The smallest absolute Gasteiger partial charge is 0.378 e. The van der Waals surface area contributed by atoms with Crippen molar-refractivity contribution in [1.29, 1.82) is 5.26 Å². The van der Waals surface area contributed by atoms with Gasteiger partial charge in [-0.3, -0.25) is 9.69 Å². The number of nitrogens with zero attached hydrogens (tertiary/aromatic N) is 4. The van der Waals surface area contributed by atoms with Crippen LogP contribution in [0.1, 0.15) is 37.6 Å². The number of thiazole rings is 1. The fourth-order valence-electron chi connectivity index (χ4n) is 3.16. The molecule has 1 amide bonds. The molecule has 160 valence electrons. The van der Waals surface area contributed by atoms with Gasteiger partial charge in [0, 0.05) is 22.2 Å². The average molecular weight is 440 g/mol. The molecule has 1 aliphatic heterocycles. The highest BCUT2D eigenvalue weighted by atomic mass is 32.1. The van der Waals surface area contributed by atoms with Crippen molar-refractivity contribution in [3.8, 4) is 6.07 Å². The van der Waals surface area contributed by atoms with E-state index in [4.69, 9.17) is 7.48 Å². The average Bonchev–Trinajstić information content (AvgIpc) is 3.16. The van der Waals surface area contributed by atoms with Crippen molar-refractivity contribution >= 4 is 28.2 Å². The Kier molecular flexibility index (Phi) is 5.81. The van der Waals surface area contributed by atoms with Crippen LogP contribution >= 0.6 is 11.3 Å². The van der Waals surface area contributed by atoms with Gasteiger partial charge in [0.1, 0.15) is 6.07 Å². The molecule has 0 aliphatic carbocycles. The van der Waals surface area contributed by atoms with Gasteiger partial charge in [-0.25, -0.2) is 4.98 Å². The lowest BCUT2D eigenvalue weighted by molar-refractivity contribution is -0.138. The molecule has 0 bridgehead atoms. The number of hydrogen-bond donors (Lipinski definition) is 0. The van der Waals surface area contributed by atoms with Gasteiger partial charge in [-0.1, -0.05) is 30.4 Å². The number of hydrogen-bond acceptors (Lipinski definition) is 6. The normalized spacial score (nSPS) is 15.9. The summed E-state index contributed by atoms with van der Waals surface area (Å²) in [5.41, 5.74) is -0.728. The summed E-state index contributed by atoms with van der Waals surface area (Å²) in [5.74, 6) is -1.06. The maximum atomic E-state index is 13.4. The number of amides is 1. The Morgan fingerprint density at radius 3 is 2.73 bits per heavy atom. The van der Waals surface area contributed by atoms with Crippen LogP contribution < -0.4 is 9.80 Å². The summed E-state index contributed by atoms with van der Waals surface area (Å²) in [6.07, 6.45) is -6.90. The molecule has 2 aromatic rings. The zero-order chi connectivity index (χ0) is 23.7.